The lowest BCUT2D eigenvalue weighted by Crippen LogP contribution is -2.01. The predicted molar refractivity (Wildman–Crippen MR) is 81.7 cm³/mol. The van der Waals surface area contributed by atoms with Crippen LogP contribution in [0.1, 0.15) is 43.0 Å². The SMILES string of the molecule is Cc1cccc(-n2c(C3C4CCCCC43)n[nH]c2=S)c1. The van der Waals surface area contributed by atoms with E-state index in [9.17, 15) is 0 Å². The molecule has 0 bridgehead atoms. The highest BCUT2D eigenvalue weighted by atomic mass is 32.1. The van der Waals surface area contributed by atoms with E-state index in [4.69, 9.17) is 12.2 Å². The normalized spacial score (nSPS) is 28.1. The second-order valence-electron chi connectivity index (χ2n) is 6.20. The minimum atomic E-state index is 0.617. The Labute approximate surface area is 124 Å². The van der Waals surface area contributed by atoms with Crippen molar-refractivity contribution in [1.82, 2.24) is 14.8 Å². The Balaban J connectivity index is 1.77. The standard InChI is InChI=1S/C16H19N3S/c1-10-5-4-6-11(9-10)19-15(17-18-16(19)20)14-12-7-2-3-8-13(12)14/h4-6,9,12-14H,2-3,7-8H2,1H3,(H,18,20). The van der Waals surface area contributed by atoms with Gasteiger partial charge in [0.2, 0.25) is 0 Å². The molecule has 2 aromatic rings. The first-order chi connectivity index (χ1) is 9.75. The fraction of sp³-hybridized carbons (Fsp3) is 0.500. The summed E-state index contributed by atoms with van der Waals surface area (Å²) in [6.45, 7) is 2.11. The average Bonchev–Trinajstić information content (AvgIpc) is 3.06. The summed E-state index contributed by atoms with van der Waals surface area (Å²) in [6, 6.07) is 8.50. The van der Waals surface area contributed by atoms with Gasteiger partial charge in [-0.1, -0.05) is 25.0 Å². The third kappa shape index (κ3) is 1.85. The molecule has 2 saturated carbocycles. The van der Waals surface area contributed by atoms with Crippen LogP contribution in [0, 0.1) is 23.5 Å². The van der Waals surface area contributed by atoms with E-state index in [1.807, 2.05) is 0 Å². The largest absolute Gasteiger partial charge is 0.272 e. The van der Waals surface area contributed by atoms with Gasteiger partial charge >= 0.3 is 0 Å². The molecule has 4 rings (SSSR count). The molecule has 2 aliphatic rings. The molecule has 3 nitrogen and oxygen atoms in total. The molecule has 2 aliphatic carbocycles. The van der Waals surface area contributed by atoms with Crippen molar-refractivity contribution >= 4 is 12.2 Å². The highest BCUT2D eigenvalue weighted by molar-refractivity contribution is 7.71. The Kier molecular flexibility index (Phi) is 2.81. The molecule has 104 valence electrons. The summed E-state index contributed by atoms with van der Waals surface area (Å²) in [4.78, 5) is 0. The molecule has 1 heterocycles. The van der Waals surface area contributed by atoms with Gasteiger partial charge < -0.3 is 0 Å². The second kappa shape index (κ2) is 4.55. The zero-order valence-electron chi connectivity index (χ0n) is 11.7. The fourth-order valence-corrected chi connectivity index (χ4v) is 4.17. The average molecular weight is 285 g/mol. The monoisotopic (exact) mass is 285 g/mol. The smallest absolute Gasteiger partial charge is 0.199 e. The molecule has 2 unspecified atom stereocenters. The van der Waals surface area contributed by atoms with Gasteiger partial charge in [-0.2, -0.15) is 5.10 Å². The fourth-order valence-electron chi connectivity index (χ4n) is 3.92. The predicted octanol–water partition coefficient (Wildman–Crippen LogP) is 4.14. The van der Waals surface area contributed by atoms with Crippen molar-refractivity contribution in [2.45, 2.75) is 38.5 Å². The van der Waals surface area contributed by atoms with E-state index in [-0.39, 0.29) is 0 Å². The van der Waals surface area contributed by atoms with Crippen molar-refractivity contribution in [2.75, 3.05) is 0 Å². The molecule has 1 N–H and O–H groups in total. The number of aromatic nitrogens is 3. The zero-order chi connectivity index (χ0) is 13.7. The van der Waals surface area contributed by atoms with Gasteiger partial charge in [-0.25, -0.2) is 0 Å². The van der Waals surface area contributed by atoms with E-state index >= 15 is 0 Å². The van der Waals surface area contributed by atoms with Gasteiger partial charge in [-0.15, -0.1) is 0 Å². The zero-order valence-corrected chi connectivity index (χ0v) is 12.5. The van der Waals surface area contributed by atoms with Gasteiger partial charge in [-0.3, -0.25) is 9.67 Å². The quantitative estimate of drug-likeness (QED) is 0.841. The van der Waals surface area contributed by atoms with Crippen LogP contribution in [0.5, 0.6) is 0 Å². The number of benzene rings is 1. The number of hydrogen-bond acceptors (Lipinski definition) is 2. The van der Waals surface area contributed by atoms with E-state index in [2.05, 4.69) is 46.0 Å². The Morgan fingerprint density at radius 2 is 2.00 bits per heavy atom. The lowest BCUT2D eigenvalue weighted by atomic mass is 10.0. The molecule has 0 amide bonds. The first-order valence-electron chi connectivity index (χ1n) is 7.50. The van der Waals surface area contributed by atoms with Crippen LogP contribution < -0.4 is 0 Å². The van der Waals surface area contributed by atoms with Gasteiger partial charge in [0, 0.05) is 11.6 Å². The molecule has 20 heavy (non-hydrogen) atoms. The summed E-state index contributed by atoms with van der Waals surface area (Å²) in [6.07, 6.45) is 5.49. The lowest BCUT2D eigenvalue weighted by molar-refractivity contribution is 0.480. The topological polar surface area (TPSA) is 33.6 Å². The van der Waals surface area contributed by atoms with Crippen molar-refractivity contribution in [3.8, 4) is 5.69 Å². The summed E-state index contributed by atoms with van der Waals surface area (Å²) < 4.78 is 2.86. The summed E-state index contributed by atoms with van der Waals surface area (Å²) in [5.41, 5.74) is 2.40. The Morgan fingerprint density at radius 1 is 1.25 bits per heavy atom. The first kappa shape index (κ1) is 12.3. The summed E-state index contributed by atoms with van der Waals surface area (Å²) >= 11 is 5.46. The Hall–Kier alpha value is -1.42. The maximum Gasteiger partial charge on any atom is 0.199 e. The number of hydrogen-bond donors (Lipinski definition) is 1. The molecule has 1 aromatic carbocycles. The van der Waals surface area contributed by atoms with E-state index in [1.54, 1.807) is 0 Å². The number of rotatable bonds is 2. The molecule has 0 saturated heterocycles. The van der Waals surface area contributed by atoms with Gasteiger partial charge in [0.15, 0.2) is 4.77 Å². The first-order valence-corrected chi connectivity index (χ1v) is 7.91. The minimum absolute atomic E-state index is 0.617. The highest BCUT2D eigenvalue weighted by Crippen LogP contribution is 2.60. The minimum Gasteiger partial charge on any atom is -0.272 e. The molecular formula is C16H19N3S. The van der Waals surface area contributed by atoms with E-state index in [0.29, 0.717) is 10.7 Å². The molecule has 0 spiro atoms. The van der Waals surface area contributed by atoms with Crippen molar-refractivity contribution in [2.24, 2.45) is 11.8 Å². The van der Waals surface area contributed by atoms with Crippen molar-refractivity contribution in [3.63, 3.8) is 0 Å². The molecule has 2 fully saturated rings. The van der Waals surface area contributed by atoms with Gasteiger partial charge in [0.1, 0.15) is 5.82 Å². The van der Waals surface area contributed by atoms with Crippen LogP contribution in [0.25, 0.3) is 5.69 Å². The third-order valence-corrected chi connectivity index (χ3v) is 5.19. The molecule has 4 heteroatoms. The highest BCUT2D eigenvalue weighted by Gasteiger charge is 2.53. The van der Waals surface area contributed by atoms with Gasteiger partial charge in [0.25, 0.3) is 0 Å². The number of fused-ring (bicyclic) bond motifs is 1. The van der Waals surface area contributed by atoms with Gasteiger partial charge in [-0.05, 0) is 61.5 Å². The van der Waals surface area contributed by atoms with E-state index in [0.717, 1.165) is 23.3 Å². The second-order valence-corrected chi connectivity index (χ2v) is 6.59. The van der Waals surface area contributed by atoms with Crippen molar-refractivity contribution in [3.05, 3.63) is 40.4 Å². The Morgan fingerprint density at radius 3 is 2.70 bits per heavy atom. The number of H-pyrrole nitrogens is 1. The molecule has 0 aliphatic heterocycles. The maximum atomic E-state index is 5.46. The van der Waals surface area contributed by atoms with Gasteiger partial charge in [0.05, 0.1) is 0 Å². The Bertz CT molecular complexity index is 688. The van der Waals surface area contributed by atoms with Crippen LogP contribution in [0.4, 0.5) is 0 Å². The van der Waals surface area contributed by atoms with Crippen LogP contribution in [0.3, 0.4) is 0 Å². The maximum absolute atomic E-state index is 5.46. The number of aryl methyl sites for hydroxylation is 1. The molecule has 0 radical (unpaired) electrons. The van der Waals surface area contributed by atoms with Crippen LogP contribution in [0.2, 0.25) is 0 Å². The van der Waals surface area contributed by atoms with Crippen LogP contribution in [0.15, 0.2) is 24.3 Å². The van der Waals surface area contributed by atoms with Crippen LogP contribution in [-0.4, -0.2) is 14.8 Å². The van der Waals surface area contributed by atoms with Crippen LogP contribution in [-0.2, 0) is 0 Å². The number of nitrogens with one attached hydrogen (secondary N) is 1. The third-order valence-electron chi connectivity index (χ3n) is 4.91. The summed E-state index contributed by atoms with van der Waals surface area (Å²) in [5, 5.41) is 7.56. The van der Waals surface area contributed by atoms with Crippen molar-refractivity contribution < 1.29 is 0 Å². The number of aromatic amines is 1. The van der Waals surface area contributed by atoms with Crippen LogP contribution >= 0.6 is 12.2 Å². The summed E-state index contributed by atoms with van der Waals surface area (Å²) in [7, 11) is 0. The lowest BCUT2D eigenvalue weighted by Gasteiger charge is -2.07. The molecule has 1 aromatic heterocycles. The summed E-state index contributed by atoms with van der Waals surface area (Å²) in [5.74, 6) is 3.46. The van der Waals surface area contributed by atoms with E-state index in [1.165, 1.54) is 31.2 Å². The number of nitrogens with zero attached hydrogens (tertiary/aromatic N) is 2. The van der Waals surface area contributed by atoms with Crippen molar-refractivity contribution in [1.29, 1.82) is 0 Å². The van der Waals surface area contributed by atoms with E-state index < -0.39 is 0 Å². The molecule has 2 atom stereocenters. The molecular weight excluding hydrogens is 266 g/mol.